The highest BCUT2D eigenvalue weighted by molar-refractivity contribution is 5.54. The van der Waals surface area contributed by atoms with Crippen molar-refractivity contribution in [3.63, 3.8) is 0 Å². The molecule has 0 aliphatic carbocycles. The third-order valence-corrected chi connectivity index (χ3v) is 3.68. The minimum absolute atomic E-state index is 0.217. The van der Waals surface area contributed by atoms with E-state index in [1.807, 2.05) is 0 Å². The summed E-state index contributed by atoms with van der Waals surface area (Å²) in [5, 5.41) is 0. The van der Waals surface area contributed by atoms with Crippen molar-refractivity contribution in [2.45, 2.75) is 32.2 Å². The smallest absolute Gasteiger partial charge is 0.0637 e. The highest BCUT2D eigenvalue weighted by Gasteiger charge is 2.12. The first kappa shape index (κ1) is 18.0. The summed E-state index contributed by atoms with van der Waals surface area (Å²) in [6.45, 7) is 5.49. The normalized spacial score (nSPS) is 12.4. The zero-order valence-electron chi connectivity index (χ0n) is 13.7. The quantitative estimate of drug-likeness (QED) is 0.637. The standard InChI is InChI=1S/C17H30N2O2/c1-4-16(18)14-15-8-5-6-9-17(15)19(11-13-21-3)10-7-12-20-2/h5-6,8-9,16H,4,7,10-14,18H2,1-3H3. The van der Waals surface area contributed by atoms with Crippen LogP contribution in [0.15, 0.2) is 24.3 Å². The molecule has 0 saturated carbocycles. The van der Waals surface area contributed by atoms with Crippen molar-refractivity contribution in [3.05, 3.63) is 29.8 Å². The van der Waals surface area contributed by atoms with Crippen LogP contribution in [-0.4, -0.2) is 46.6 Å². The molecule has 1 atom stereocenters. The largest absolute Gasteiger partial charge is 0.385 e. The molecule has 0 bridgehead atoms. The van der Waals surface area contributed by atoms with E-state index in [4.69, 9.17) is 15.2 Å². The first-order chi connectivity index (χ1) is 10.2. The molecular formula is C17H30N2O2. The number of methoxy groups -OCH3 is 2. The van der Waals surface area contributed by atoms with Crippen LogP contribution >= 0.6 is 0 Å². The maximum atomic E-state index is 6.13. The van der Waals surface area contributed by atoms with E-state index in [1.165, 1.54) is 11.3 Å². The number of para-hydroxylation sites is 1. The van der Waals surface area contributed by atoms with Gasteiger partial charge in [0, 0.05) is 45.6 Å². The number of nitrogens with two attached hydrogens (primary N) is 1. The number of rotatable bonds is 11. The second-order valence-corrected chi connectivity index (χ2v) is 5.33. The second-order valence-electron chi connectivity index (χ2n) is 5.33. The van der Waals surface area contributed by atoms with E-state index in [0.717, 1.165) is 45.6 Å². The van der Waals surface area contributed by atoms with Crippen LogP contribution in [0.5, 0.6) is 0 Å². The first-order valence-corrected chi connectivity index (χ1v) is 7.79. The fourth-order valence-corrected chi connectivity index (χ4v) is 2.37. The lowest BCUT2D eigenvalue weighted by molar-refractivity contribution is 0.191. The maximum absolute atomic E-state index is 6.13. The SMILES string of the molecule is CCC(N)Cc1ccccc1N(CCCOC)CCOC. The summed E-state index contributed by atoms with van der Waals surface area (Å²) in [6, 6.07) is 8.76. The van der Waals surface area contributed by atoms with Gasteiger partial charge in [-0.2, -0.15) is 0 Å². The Bertz CT molecular complexity index is 385. The van der Waals surface area contributed by atoms with E-state index in [1.54, 1.807) is 14.2 Å². The van der Waals surface area contributed by atoms with Crippen molar-refractivity contribution in [2.75, 3.05) is 45.4 Å². The highest BCUT2D eigenvalue weighted by atomic mass is 16.5. The zero-order valence-corrected chi connectivity index (χ0v) is 13.7. The number of anilines is 1. The van der Waals surface area contributed by atoms with E-state index in [0.29, 0.717) is 0 Å². The summed E-state index contributed by atoms with van der Waals surface area (Å²) in [6.07, 6.45) is 2.92. The van der Waals surface area contributed by atoms with Gasteiger partial charge in [-0.05, 0) is 30.9 Å². The molecule has 120 valence electrons. The molecule has 0 aromatic heterocycles. The van der Waals surface area contributed by atoms with Gasteiger partial charge in [0.25, 0.3) is 0 Å². The predicted octanol–water partition coefficient (Wildman–Crippen LogP) is 2.46. The predicted molar refractivity (Wildman–Crippen MR) is 89.0 cm³/mol. The van der Waals surface area contributed by atoms with Crippen molar-refractivity contribution in [2.24, 2.45) is 5.73 Å². The Kier molecular flexibility index (Phi) is 9.06. The van der Waals surface area contributed by atoms with Crippen molar-refractivity contribution in [1.29, 1.82) is 0 Å². The van der Waals surface area contributed by atoms with Crippen LogP contribution in [0.4, 0.5) is 5.69 Å². The summed E-state index contributed by atoms with van der Waals surface area (Å²) in [7, 11) is 3.49. The third-order valence-electron chi connectivity index (χ3n) is 3.68. The molecule has 1 aromatic rings. The lowest BCUT2D eigenvalue weighted by Crippen LogP contribution is -2.31. The number of hydrogen-bond donors (Lipinski definition) is 1. The Hall–Kier alpha value is -1.10. The van der Waals surface area contributed by atoms with Gasteiger partial charge in [-0.15, -0.1) is 0 Å². The third kappa shape index (κ3) is 6.46. The van der Waals surface area contributed by atoms with Gasteiger partial charge in [0.15, 0.2) is 0 Å². The van der Waals surface area contributed by atoms with E-state index in [-0.39, 0.29) is 6.04 Å². The molecule has 21 heavy (non-hydrogen) atoms. The van der Waals surface area contributed by atoms with Gasteiger partial charge < -0.3 is 20.1 Å². The molecule has 0 saturated heterocycles. The van der Waals surface area contributed by atoms with Crippen molar-refractivity contribution in [3.8, 4) is 0 Å². The number of ether oxygens (including phenoxy) is 2. The fraction of sp³-hybridized carbons (Fsp3) is 0.647. The van der Waals surface area contributed by atoms with Crippen LogP contribution in [0.2, 0.25) is 0 Å². The summed E-state index contributed by atoms with van der Waals surface area (Å²) in [5.74, 6) is 0. The Morgan fingerprint density at radius 1 is 1.10 bits per heavy atom. The van der Waals surface area contributed by atoms with E-state index < -0.39 is 0 Å². The number of benzene rings is 1. The highest BCUT2D eigenvalue weighted by Crippen LogP contribution is 2.22. The minimum atomic E-state index is 0.217. The molecular weight excluding hydrogens is 264 g/mol. The lowest BCUT2D eigenvalue weighted by atomic mass is 10.0. The van der Waals surface area contributed by atoms with Gasteiger partial charge in [0.05, 0.1) is 6.61 Å². The molecule has 1 rings (SSSR count). The summed E-state index contributed by atoms with van der Waals surface area (Å²) >= 11 is 0. The molecule has 4 nitrogen and oxygen atoms in total. The fourth-order valence-electron chi connectivity index (χ4n) is 2.37. The second kappa shape index (κ2) is 10.6. The lowest BCUT2D eigenvalue weighted by Gasteiger charge is -2.27. The minimum Gasteiger partial charge on any atom is -0.385 e. The first-order valence-electron chi connectivity index (χ1n) is 7.79. The molecule has 1 unspecified atom stereocenters. The molecule has 0 aliphatic rings. The Balaban J connectivity index is 2.83. The molecule has 0 amide bonds. The Morgan fingerprint density at radius 2 is 1.81 bits per heavy atom. The molecule has 0 spiro atoms. The molecule has 0 fully saturated rings. The van der Waals surface area contributed by atoms with Crippen molar-refractivity contribution in [1.82, 2.24) is 0 Å². The zero-order chi connectivity index (χ0) is 15.5. The number of hydrogen-bond acceptors (Lipinski definition) is 4. The molecule has 4 heteroatoms. The Labute approximate surface area is 129 Å². The van der Waals surface area contributed by atoms with Crippen LogP contribution in [0, 0.1) is 0 Å². The topological polar surface area (TPSA) is 47.7 Å². The van der Waals surface area contributed by atoms with Gasteiger partial charge in [0.2, 0.25) is 0 Å². The maximum Gasteiger partial charge on any atom is 0.0637 e. The van der Waals surface area contributed by atoms with Crippen LogP contribution in [0.25, 0.3) is 0 Å². The average molecular weight is 294 g/mol. The summed E-state index contributed by atoms with van der Waals surface area (Å²) < 4.78 is 10.4. The summed E-state index contributed by atoms with van der Waals surface area (Å²) in [4.78, 5) is 2.38. The van der Waals surface area contributed by atoms with Gasteiger partial charge in [-0.1, -0.05) is 25.1 Å². The van der Waals surface area contributed by atoms with E-state index in [2.05, 4.69) is 36.1 Å². The van der Waals surface area contributed by atoms with Gasteiger partial charge in [0.1, 0.15) is 0 Å². The average Bonchev–Trinajstić information content (AvgIpc) is 2.51. The molecule has 2 N–H and O–H groups in total. The molecule has 0 heterocycles. The molecule has 0 aliphatic heterocycles. The van der Waals surface area contributed by atoms with E-state index >= 15 is 0 Å². The van der Waals surface area contributed by atoms with Crippen molar-refractivity contribution >= 4 is 5.69 Å². The van der Waals surface area contributed by atoms with Gasteiger partial charge >= 0.3 is 0 Å². The van der Waals surface area contributed by atoms with Crippen LogP contribution in [-0.2, 0) is 15.9 Å². The summed E-state index contributed by atoms with van der Waals surface area (Å²) in [5.41, 5.74) is 8.73. The molecule has 0 radical (unpaired) electrons. The molecule has 1 aromatic carbocycles. The monoisotopic (exact) mass is 294 g/mol. The van der Waals surface area contributed by atoms with Crippen molar-refractivity contribution < 1.29 is 9.47 Å². The van der Waals surface area contributed by atoms with Crippen LogP contribution in [0.3, 0.4) is 0 Å². The van der Waals surface area contributed by atoms with Crippen LogP contribution < -0.4 is 10.6 Å². The van der Waals surface area contributed by atoms with Gasteiger partial charge in [-0.3, -0.25) is 0 Å². The Morgan fingerprint density at radius 3 is 2.48 bits per heavy atom. The van der Waals surface area contributed by atoms with Gasteiger partial charge in [-0.25, -0.2) is 0 Å². The number of nitrogens with zero attached hydrogens (tertiary/aromatic N) is 1. The van der Waals surface area contributed by atoms with Crippen LogP contribution in [0.1, 0.15) is 25.3 Å². The van der Waals surface area contributed by atoms with E-state index in [9.17, 15) is 0 Å².